The summed E-state index contributed by atoms with van der Waals surface area (Å²) in [5.41, 5.74) is 6.74. The van der Waals surface area contributed by atoms with Gasteiger partial charge in [0.1, 0.15) is 40.9 Å². The Balaban J connectivity index is 2.39. The number of primary amides is 2. The Morgan fingerprint density at radius 1 is 0.627 bits per heavy atom. The molecule has 0 radical (unpaired) electrons. The number of nitro groups is 4. The van der Waals surface area contributed by atoms with E-state index in [4.69, 9.17) is 11.5 Å². The van der Waals surface area contributed by atoms with E-state index in [-0.39, 0.29) is 61.1 Å². The largest absolute Gasteiger partial charge is 0.480 e. The minimum absolute atomic E-state index is 0.0395. The van der Waals surface area contributed by atoms with E-state index in [1.54, 1.807) is 27.7 Å². The lowest BCUT2D eigenvalue weighted by atomic mass is 10.0. The molecule has 2 amide bonds. The van der Waals surface area contributed by atoms with Gasteiger partial charge in [-0.15, -0.1) is 0 Å². The number of hydrogen-bond acceptors (Lipinski definition) is 15. The van der Waals surface area contributed by atoms with Crippen molar-refractivity contribution in [2.45, 2.75) is 71.5 Å². The van der Waals surface area contributed by atoms with Crippen LogP contribution in [0, 0.1) is 52.3 Å². The molecule has 3 atom stereocenters. The van der Waals surface area contributed by atoms with Crippen LogP contribution in [0.3, 0.4) is 0 Å². The van der Waals surface area contributed by atoms with Crippen LogP contribution in [0.4, 0.5) is 45.5 Å². The molecule has 0 aliphatic heterocycles. The number of aliphatic carboxylic acids is 1. The van der Waals surface area contributed by atoms with Gasteiger partial charge in [0.15, 0.2) is 0 Å². The summed E-state index contributed by atoms with van der Waals surface area (Å²) in [6.07, 6.45) is 0.0672. The highest BCUT2D eigenvalue weighted by Crippen LogP contribution is 2.38. The number of carboxylic acid groups (broad SMARTS) is 1. The van der Waals surface area contributed by atoms with Crippen LogP contribution in [0.5, 0.6) is 0 Å². The van der Waals surface area contributed by atoms with E-state index in [2.05, 4.69) is 21.3 Å². The van der Waals surface area contributed by atoms with Gasteiger partial charge in [-0.3, -0.25) is 50.0 Å². The monoisotopic (exact) mass is 720 g/mol. The van der Waals surface area contributed by atoms with Crippen molar-refractivity contribution in [1.82, 2.24) is 0 Å². The zero-order valence-corrected chi connectivity index (χ0v) is 28.1. The minimum atomic E-state index is -1.53. The third-order valence-corrected chi connectivity index (χ3v) is 7.39. The molecule has 0 unspecified atom stereocenters. The number of carbonyl (C=O) groups excluding carboxylic acids is 2. The van der Waals surface area contributed by atoms with Crippen LogP contribution in [0.1, 0.15) is 53.4 Å². The number of amides is 2. The van der Waals surface area contributed by atoms with Crippen molar-refractivity contribution in [2.24, 2.45) is 23.3 Å². The van der Waals surface area contributed by atoms with Crippen LogP contribution in [0.15, 0.2) is 24.3 Å². The van der Waals surface area contributed by atoms with Crippen molar-refractivity contribution in [3.63, 3.8) is 0 Å². The number of nitrogens with two attached hydrogens (primary N) is 2. The Hall–Kier alpha value is -6.35. The predicted octanol–water partition coefficient (Wildman–Crippen LogP) is 3.70. The molecule has 22 nitrogen and oxygen atoms in total. The summed E-state index contributed by atoms with van der Waals surface area (Å²) in [7, 11) is 0. The number of hydrogen-bond donors (Lipinski definition) is 7. The molecule has 0 aromatic heterocycles. The number of carboxylic acids is 1. The third-order valence-electron chi connectivity index (χ3n) is 7.39. The molecule has 2 rings (SSSR count). The van der Waals surface area contributed by atoms with Gasteiger partial charge in [0.05, 0.1) is 31.8 Å². The lowest BCUT2D eigenvalue weighted by molar-refractivity contribution is -0.393. The second-order valence-electron chi connectivity index (χ2n) is 12.4. The smallest absolute Gasteiger partial charge is 0.326 e. The molecule has 2 aromatic rings. The number of nitrogens with zero attached hydrogens (tertiary/aromatic N) is 4. The quantitative estimate of drug-likeness (QED) is 0.0517. The van der Waals surface area contributed by atoms with Crippen LogP contribution >= 0.6 is 0 Å². The summed E-state index contributed by atoms with van der Waals surface area (Å²) in [6, 6.07) is -0.364. The second kappa shape index (κ2) is 17.9. The summed E-state index contributed by atoms with van der Waals surface area (Å²) in [5.74, 6) is -3.25. The van der Waals surface area contributed by atoms with E-state index in [1.807, 2.05) is 0 Å². The molecule has 278 valence electrons. The number of carbonyl (C=O) groups is 3. The highest BCUT2D eigenvalue weighted by molar-refractivity contribution is 5.87. The minimum Gasteiger partial charge on any atom is -0.480 e. The zero-order valence-electron chi connectivity index (χ0n) is 28.1. The fourth-order valence-electron chi connectivity index (χ4n) is 5.03. The maximum Gasteiger partial charge on any atom is 0.326 e. The fourth-order valence-corrected chi connectivity index (χ4v) is 5.03. The maximum absolute atomic E-state index is 12.2. The number of anilines is 4. The normalized spacial score (nSPS) is 12.7. The lowest BCUT2D eigenvalue weighted by Crippen LogP contribution is -2.36. The Morgan fingerprint density at radius 3 is 1.27 bits per heavy atom. The van der Waals surface area contributed by atoms with Crippen molar-refractivity contribution >= 4 is 63.3 Å². The van der Waals surface area contributed by atoms with E-state index in [9.17, 15) is 59.9 Å². The molecule has 0 fully saturated rings. The molecule has 51 heavy (non-hydrogen) atoms. The van der Waals surface area contributed by atoms with Gasteiger partial charge in [0.25, 0.3) is 22.7 Å². The molecule has 2 aromatic carbocycles. The van der Waals surface area contributed by atoms with Gasteiger partial charge in [0, 0.05) is 6.54 Å². The lowest BCUT2D eigenvalue weighted by Gasteiger charge is -2.20. The molecule has 0 saturated carbocycles. The first-order chi connectivity index (χ1) is 23.7. The van der Waals surface area contributed by atoms with E-state index in [1.165, 1.54) is 0 Å². The zero-order chi connectivity index (χ0) is 38.7. The standard InChI is InChI=1S/C29H40N10O12/c1-14(2)8-21(27(30)40)34-18-10-17(23(36(44)45)12-24(18)37(46)47)32-7-5-6-16(29(42)43)33-19-11-20(35-22(28(31)41)9-15(3)4)26(39(50)51)13-25(19)38(48)49/h10-16,21-22,32-35H,5-9H2,1-4H3,(H2,30,40)(H2,31,41)(H,42,43)/t16-,21-,22-/m1/s1. The van der Waals surface area contributed by atoms with Crippen molar-refractivity contribution in [3.05, 3.63) is 64.7 Å². The Kier molecular flexibility index (Phi) is 14.3. The first-order valence-electron chi connectivity index (χ1n) is 15.5. The Labute approximate surface area is 289 Å². The van der Waals surface area contributed by atoms with Gasteiger partial charge in [-0.25, -0.2) is 4.79 Å². The fraction of sp³-hybridized carbons (Fsp3) is 0.483. The van der Waals surface area contributed by atoms with Gasteiger partial charge in [0.2, 0.25) is 11.8 Å². The number of nitrogens with one attached hydrogen (secondary N) is 4. The number of nitro benzene ring substituents is 4. The van der Waals surface area contributed by atoms with Crippen LogP contribution in [-0.4, -0.2) is 67.3 Å². The number of benzene rings is 2. The van der Waals surface area contributed by atoms with Crippen LogP contribution in [0.2, 0.25) is 0 Å². The molecule has 22 heteroatoms. The van der Waals surface area contributed by atoms with Crippen molar-refractivity contribution < 1.29 is 39.2 Å². The van der Waals surface area contributed by atoms with Crippen LogP contribution < -0.4 is 32.7 Å². The van der Waals surface area contributed by atoms with Crippen molar-refractivity contribution in [2.75, 3.05) is 27.8 Å². The molecular formula is C29H40N10O12. The summed E-state index contributed by atoms with van der Waals surface area (Å²) in [5, 5.41) is 67.6. The highest BCUT2D eigenvalue weighted by Gasteiger charge is 2.31. The molecule has 0 aliphatic carbocycles. The van der Waals surface area contributed by atoms with Crippen LogP contribution in [0.25, 0.3) is 0 Å². The average Bonchev–Trinajstić information content (AvgIpc) is 3.00. The average molecular weight is 721 g/mol. The van der Waals surface area contributed by atoms with E-state index >= 15 is 0 Å². The van der Waals surface area contributed by atoms with Crippen LogP contribution in [-0.2, 0) is 14.4 Å². The molecule has 0 aliphatic rings. The van der Waals surface area contributed by atoms with E-state index in [0.29, 0.717) is 12.1 Å². The first kappa shape index (κ1) is 40.8. The first-order valence-corrected chi connectivity index (χ1v) is 15.5. The van der Waals surface area contributed by atoms with Crippen molar-refractivity contribution in [3.8, 4) is 0 Å². The Bertz CT molecular complexity index is 1680. The Morgan fingerprint density at radius 2 is 0.961 bits per heavy atom. The summed E-state index contributed by atoms with van der Waals surface area (Å²) < 4.78 is 0. The van der Waals surface area contributed by atoms with E-state index < -0.39 is 84.0 Å². The van der Waals surface area contributed by atoms with Gasteiger partial charge >= 0.3 is 5.97 Å². The third kappa shape index (κ3) is 11.6. The molecule has 0 bridgehead atoms. The topological polar surface area (TPSA) is 344 Å². The molecule has 0 heterocycles. The second-order valence-corrected chi connectivity index (χ2v) is 12.4. The SMILES string of the molecule is CC(C)C[C@@H](Nc1cc(NCCC[C@@H](Nc2cc(N[C@H](CC(C)C)C(N)=O)c([N+](=O)[O-])cc2[N+](=O)[O-])C(=O)O)c([N+](=O)[O-])cc1[N+](=O)[O-])C(N)=O. The highest BCUT2D eigenvalue weighted by atomic mass is 16.6. The number of rotatable bonds is 22. The molecule has 9 N–H and O–H groups in total. The maximum atomic E-state index is 12.2. The van der Waals surface area contributed by atoms with Gasteiger partial charge in [-0.1, -0.05) is 27.7 Å². The van der Waals surface area contributed by atoms with Gasteiger partial charge in [-0.05, 0) is 49.7 Å². The van der Waals surface area contributed by atoms with Gasteiger partial charge < -0.3 is 37.8 Å². The summed E-state index contributed by atoms with van der Waals surface area (Å²) >= 11 is 0. The van der Waals surface area contributed by atoms with Gasteiger partial charge in [-0.2, -0.15) is 0 Å². The van der Waals surface area contributed by atoms with E-state index in [0.717, 1.165) is 12.1 Å². The summed E-state index contributed by atoms with van der Waals surface area (Å²) in [6.45, 7) is 6.97. The molecular weight excluding hydrogens is 680 g/mol. The predicted molar refractivity (Wildman–Crippen MR) is 184 cm³/mol. The van der Waals surface area contributed by atoms with Crippen molar-refractivity contribution in [1.29, 1.82) is 0 Å². The summed E-state index contributed by atoms with van der Waals surface area (Å²) in [4.78, 5) is 79.8. The molecule has 0 spiro atoms. The molecule has 0 saturated heterocycles.